The molecular formula is C12H16N2O. The molecule has 0 aromatic heterocycles. The van der Waals surface area contributed by atoms with E-state index in [0.29, 0.717) is 6.54 Å². The number of hydrogen-bond donors (Lipinski definition) is 1. The van der Waals surface area contributed by atoms with Gasteiger partial charge >= 0.3 is 0 Å². The lowest BCUT2D eigenvalue weighted by Gasteiger charge is -2.28. The van der Waals surface area contributed by atoms with Gasteiger partial charge in [-0.1, -0.05) is 18.2 Å². The topological polar surface area (TPSA) is 46.3 Å². The number of carbonyl (C=O) groups is 1. The number of amides is 1. The summed E-state index contributed by atoms with van der Waals surface area (Å²) < 4.78 is 0. The third-order valence-corrected chi connectivity index (χ3v) is 2.90. The van der Waals surface area contributed by atoms with E-state index in [1.54, 1.807) is 0 Å². The first-order chi connectivity index (χ1) is 7.16. The normalized spacial score (nSPS) is 19.9. The molecule has 1 heterocycles. The molecule has 2 N–H and O–H groups in total. The lowest BCUT2D eigenvalue weighted by molar-refractivity contribution is 0.0669. The van der Waals surface area contributed by atoms with Crippen LogP contribution in [0.15, 0.2) is 24.3 Å². The van der Waals surface area contributed by atoms with Gasteiger partial charge in [-0.05, 0) is 25.5 Å². The molecular weight excluding hydrogens is 188 g/mol. The monoisotopic (exact) mass is 204 g/mol. The highest BCUT2D eigenvalue weighted by Gasteiger charge is 2.36. The van der Waals surface area contributed by atoms with Gasteiger partial charge in [-0.3, -0.25) is 4.79 Å². The molecule has 1 aliphatic heterocycles. The largest absolute Gasteiger partial charge is 0.328 e. The van der Waals surface area contributed by atoms with Crippen molar-refractivity contribution in [3.05, 3.63) is 35.4 Å². The lowest BCUT2D eigenvalue weighted by atomic mass is 10.0. The van der Waals surface area contributed by atoms with Gasteiger partial charge in [0.1, 0.15) is 0 Å². The summed E-state index contributed by atoms with van der Waals surface area (Å²) in [6, 6.07) is 7.97. The zero-order chi connectivity index (χ0) is 11.0. The molecule has 0 saturated carbocycles. The number of fused-ring (bicyclic) bond motifs is 1. The number of benzene rings is 1. The Hall–Kier alpha value is -1.35. The number of hydrogen-bond acceptors (Lipinski definition) is 2. The van der Waals surface area contributed by atoms with Crippen molar-refractivity contribution >= 4 is 5.91 Å². The number of nitrogens with zero attached hydrogens (tertiary/aromatic N) is 1. The maximum atomic E-state index is 12.1. The van der Waals surface area contributed by atoms with Crippen LogP contribution in [0.2, 0.25) is 0 Å². The molecule has 1 atom stereocenters. The van der Waals surface area contributed by atoms with Crippen molar-refractivity contribution in [2.45, 2.75) is 25.9 Å². The third-order valence-electron chi connectivity index (χ3n) is 2.90. The molecule has 1 aromatic carbocycles. The highest BCUT2D eigenvalue weighted by atomic mass is 16.2. The van der Waals surface area contributed by atoms with Gasteiger partial charge in [-0.2, -0.15) is 0 Å². The molecule has 0 saturated heterocycles. The van der Waals surface area contributed by atoms with Crippen LogP contribution in [0.25, 0.3) is 0 Å². The van der Waals surface area contributed by atoms with Crippen molar-refractivity contribution in [2.75, 3.05) is 6.54 Å². The highest BCUT2D eigenvalue weighted by Crippen LogP contribution is 2.33. The summed E-state index contributed by atoms with van der Waals surface area (Å²) in [4.78, 5) is 13.9. The number of rotatable bonds is 2. The van der Waals surface area contributed by atoms with E-state index < -0.39 is 0 Å². The van der Waals surface area contributed by atoms with E-state index in [0.717, 1.165) is 11.1 Å². The van der Waals surface area contributed by atoms with Crippen molar-refractivity contribution in [2.24, 2.45) is 5.73 Å². The summed E-state index contributed by atoms with van der Waals surface area (Å²) in [5.41, 5.74) is 7.62. The van der Waals surface area contributed by atoms with E-state index in [1.807, 2.05) is 43.0 Å². The van der Waals surface area contributed by atoms with Gasteiger partial charge in [0, 0.05) is 18.2 Å². The average molecular weight is 204 g/mol. The van der Waals surface area contributed by atoms with Crippen LogP contribution in [0.4, 0.5) is 0 Å². The van der Waals surface area contributed by atoms with Crippen LogP contribution in [0.5, 0.6) is 0 Å². The van der Waals surface area contributed by atoms with Crippen LogP contribution in [0, 0.1) is 0 Å². The summed E-state index contributed by atoms with van der Waals surface area (Å²) >= 11 is 0. The SMILES string of the molecule is CC(C)N1C(=O)c2ccccc2[C@H]1CN. The van der Waals surface area contributed by atoms with Crippen molar-refractivity contribution < 1.29 is 4.79 Å². The predicted octanol–water partition coefficient (Wildman–Crippen LogP) is 1.55. The molecule has 0 radical (unpaired) electrons. The summed E-state index contributed by atoms with van der Waals surface area (Å²) in [6.45, 7) is 4.53. The van der Waals surface area contributed by atoms with Gasteiger partial charge in [-0.15, -0.1) is 0 Å². The van der Waals surface area contributed by atoms with Gasteiger partial charge < -0.3 is 10.6 Å². The third kappa shape index (κ3) is 1.43. The summed E-state index contributed by atoms with van der Waals surface area (Å²) in [5, 5.41) is 0. The molecule has 1 amide bonds. The second-order valence-corrected chi connectivity index (χ2v) is 4.14. The van der Waals surface area contributed by atoms with Gasteiger partial charge in [-0.25, -0.2) is 0 Å². The van der Waals surface area contributed by atoms with Crippen molar-refractivity contribution in [3.63, 3.8) is 0 Å². The fraction of sp³-hybridized carbons (Fsp3) is 0.417. The van der Waals surface area contributed by atoms with Crippen molar-refractivity contribution in [3.8, 4) is 0 Å². The Morgan fingerprint density at radius 3 is 2.67 bits per heavy atom. The van der Waals surface area contributed by atoms with E-state index in [4.69, 9.17) is 5.73 Å². The van der Waals surface area contributed by atoms with Crippen LogP contribution in [-0.2, 0) is 0 Å². The Balaban J connectivity index is 2.48. The standard InChI is InChI=1S/C12H16N2O/c1-8(2)14-11(7-13)9-5-3-4-6-10(9)12(14)15/h3-6,8,11H,7,13H2,1-2H3/t11-/m1/s1. The Labute approximate surface area is 89.9 Å². The second kappa shape index (κ2) is 3.66. The average Bonchev–Trinajstić information content (AvgIpc) is 2.52. The van der Waals surface area contributed by atoms with Crippen molar-refractivity contribution in [1.82, 2.24) is 4.90 Å². The molecule has 3 nitrogen and oxygen atoms in total. The second-order valence-electron chi connectivity index (χ2n) is 4.14. The van der Waals surface area contributed by atoms with Crippen LogP contribution >= 0.6 is 0 Å². The zero-order valence-corrected chi connectivity index (χ0v) is 9.10. The smallest absolute Gasteiger partial charge is 0.255 e. The molecule has 3 heteroatoms. The first kappa shape index (κ1) is 10.2. The molecule has 15 heavy (non-hydrogen) atoms. The molecule has 2 rings (SSSR count). The minimum Gasteiger partial charge on any atom is -0.328 e. The summed E-state index contributed by atoms with van der Waals surface area (Å²) in [7, 11) is 0. The van der Waals surface area contributed by atoms with Gasteiger partial charge in [0.25, 0.3) is 5.91 Å². The molecule has 80 valence electrons. The molecule has 0 fully saturated rings. The van der Waals surface area contributed by atoms with E-state index in [2.05, 4.69) is 0 Å². The molecule has 1 aliphatic rings. The zero-order valence-electron chi connectivity index (χ0n) is 9.10. The fourth-order valence-electron chi connectivity index (χ4n) is 2.25. The number of carbonyl (C=O) groups excluding carboxylic acids is 1. The van der Waals surface area contributed by atoms with Crippen LogP contribution in [-0.4, -0.2) is 23.4 Å². The minimum atomic E-state index is 0.0497. The van der Waals surface area contributed by atoms with Crippen molar-refractivity contribution in [1.29, 1.82) is 0 Å². The van der Waals surface area contributed by atoms with Crippen LogP contribution < -0.4 is 5.73 Å². The summed E-state index contributed by atoms with van der Waals surface area (Å²) in [5.74, 6) is 0.107. The maximum absolute atomic E-state index is 12.1. The minimum absolute atomic E-state index is 0.0497. The quantitative estimate of drug-likeness (QED) is 0.794. The number of nitrogens with two attached hydrogens (primary N) is 1. The summed E-state index contributed by atoms with van der Waals surface area (Å²) in [6.07, 6.45) is 0. The first-order valence-corrected chi connectivity index (χ1v) is 5.28. The van der Waals surface area contributed by atoms with Crippen LogP contribution in [0.3, 0.4) is 0 Å². The Kier molecular flexibility index (Phi) is 2.49. The first-order valence-electron chi connectivity index (χ1n) is 5.28. The Morgan fingerprint density at radius 1 is 1.40 bits per heavy atom. The lowest BCUT2D eigenvalue weighted by Crippen LogP contribution is -2.37. The van der Waals surface area contributed by atoms with E-state index in [1.165, 1.54) is 0 Å². The van der Waals surface area contributed by atoms with E-state index in [9.17, 15) is 4.79 Å². The Morgan fingerprint density at radius 2 is 2.07 bits per heavy atom. The predicted molar refractivity (Wildman–Crippen MR) is 59.5 cm³/mol. The fourth-order valence-corrected chi connectivity index (χ4v) is 2.25. The van der Waals surface area contributed by atoms with E-state index >= 15 is 0 Å². The Bertz CT molecular complexity index is 387. The van der Waals surface area contributed by atoms with Crippen LogP contribution in [0.1, 0.15) is 35.8 Å². The maximum Gasteiger partial charge on any atom is 0.255 e. The molecule has 0 bridgehead atoms. The highest BCUT2D eigenvalue weighted by molar-refractivity contribution is 5.99. The molecule has 0 unspecified atom stereocenters. The van der Waals surface area contributed by atoms with E-state index in [-0.39, 0.29) is 18.0 Å². The van der Waals surface area contributed by atoms with Gasteiger partial charge in [0.2, 0.25) is 0 Å². The molecule has 0 aliphatic carbocycles. The van der Waals surface area contributed by atoms with Gasteiger partial charge in [0.05, 0.1) is 6.04 Å². The molecule has 0 spiro atoms. The molecule has 1 aromatic rings. The van der Waals surface area contributed by atoms with Gasteiger partial charge in [0.15, 0.2) is 0 Å².